The summed E-state index contributed by atoms with van der Waals surface area (Å²) in [7, 11) is -2.75. The van der Waals surface area contributed by atoms with Crippen LogP contribution < -0.4 is 5.32 Å². The Bertz CT molecular complexity index is 428. The summed E-state index contributed by atoms with van der Waals surface area (Å²) in [5, 5.41) is 6.36. The van der Waals surface area contributed by atoms with Crippen LogP contribution in [0.1, 0.15) is 24.4 Å². The first-order valence-electron chi connectivity index (χ1n) is 5.40. The number of thiazole rings is 1. The number of hydrogen-bond acceptors (Lipinski definition) is 5. The van der Waals surface area contributed by atoms with Gasteiger partial charge in [0, 0.05) is 11.6 Å². The van der Waals surface area contributed by atoms with Crippen LogP contribution in [0.4, 0.5) is 0 Å². The van der Waals surface area contributed by atoms with E-state index in [4.69, 9.17) is 0 Å². The summed E-state index contributed by atoms with van der Waals surface area (Å²) < 4.78 is 22.6. The summed E-state index contributed by atoms with van der Waals surface area (Å²) in [6, 6.07) is 0.211. The van der Waals surface area contributed by atoms with Gasteiger partial charge in [-0.05, 0) is 25.8 Å². The molecule has 1 fully saturated rings. The molecule has 1 saturated heterocycles. The molecule has 4 nitrogen and oxygen atoms in total. The highest BCUT2D eigenvalue weighted by atomic mass is 32.2. The van der Waals surface area contributed by atoms with E-state index >= 15 is 0 Å². The third-order valence-corrected chi connectivity index (χ3v) is 5.66. The standard InChI is InChI=1S/C10H16N2O2S2/c1-8(10-11-3-4-15-10)12-6-9-2-5-16(13,14)7-9/h3-4,8-9,12H,2,5-7H2,1H3. The molecule has 2 unspecified atom stereocenters. The van der Waals surface area contributed by atoms with E-state index < -0.39 is 9.84 Å². The Morgan fingerprint density at radius 1 is 1.69 bits per heavy atom. The van der Waals surface area contributed by atoms with E-state index in [-0.39, 0.29) is 12.0 Å². The molecule has 1 aliphatic rings. The zero-order valence-electron chi connectivity index (χ0n) is 9.22. The minimum Gasteiger partial charge on any atom is -0.308 e. The molecule has 0 amide bonds. The van der Waals surface area contributed by atoms with Gasteiger partial charge in [0.1, 0.15) is 5.01 Å². The third-order valence-electron chi connectivity index (χ3n) is 2.86. The summed E-state index contributed by atoms with van der Waals surface area (Å²) in [5.41, 5.74) is 0. The fourth-order valence-electron chi connectivity index (χ4n) is 1.91. The summed E-state index contributed by atoms with van der Waals surface area (Å²) in [6.45, 7) is 2.82. The van der Waals surface area contributed by atoms with Crippen LogP contribution in [0.2, 0.25) is 0 Å². The van der Waals surface area contributed by atoms with E-state index in [2.05, 4.69) is 17.2 Å². The van der Waals surface area contributed by atoms with E-state index in [0.717, 1.165) is 18.0 Å². The second kappa shape index (κ2) is 4.81. The Hall–Kier alpha value is -0.460. The van der Waals surface area contributed by atoms with Gasteiger partial charge >= 0.3 is 0 Å². The van der Waals surface area contributed by atoms with E-state index in [1.165, 1.54) is 0 Å². The van der Waals surface area contributed by atoms with Gasteiger partial charge in [0.05, 0.1) is 17.5 Å². The first kappa shape index (κ1) is 12.0. The summed E-state index contributed by atoms with van der Waals surface area (Å²) in [6.07, 6.45) is 2.58. The molecule has 2 heterocycles. The SMILES string of the molecule is CC(NCC1CCS(=O)(=O)C1)c1nccs1. The van der Waals surface area contributed by atoms with Crippen LogP contribution in [0.5, 0.6) is 0 Å². The molecule has 6 heteroatoms. The molecular formula is C10H16N2O2S2. The second-order valence-corrected chi connectivity index (χ2v) is 7.42. The van der Waals surface area contributed by atoms with Gasteiger partial charge in [-0.2, -0.15) is 0 Å². The summed E-state index contributed by atoms with van der Waals surface area (Å²) in [4.78, 5) is 4.23. The van der Waals surface area contributed by atoms with E-state index in [9.17, 15) is 8.42 Å². The van der Waals surface area contributed by atoms with Crippen LogP contribution in [0.15, 0.2) is 11.6 Å². The Labute approximate surface area is 100 Å². The largest absolute Gasteiger partial charge is 0.308 e. The maximum atomic E-state index is 11.3. The lowest BCUT2D eigenvalue weighted by molar-refractivity contribution is 0.475. The molecule has 0 aliphatic carbocycles. The van der Waals surface area contributed by atoms with Crippen LogP contribution in [0, 0.1) is 5.92 Å². The van der Waals surface area contributed by atoms with Gasteiger partial charge in [-0.25, -0.2) is 13.4 Å². The van der Waals surface area contributed by atoms with Crippen molar-refractivity contribution < 1.29 is 8.42 Å². The van der Waals surface area contributed by atoms with Crippen LogP contribution in [0.3, 0.4) is 0 Å². The predicted molar refractivity (Wildman–Crippen MR) is 65.3 cm³/mol. The van der Waals surface area contributed by atoms with Crippen LogP contribution in [0.25, 0.3) is 0 Å². The lowest BCUT2D eigenvalue weighted by atomic mass is 10.1. The van der Waals surface area contributed by atoms with Crippen molar-refractivity contribution in [1.82, 2.24) is 10.3 Å². The van der Waals surface area contributed by atoms with Crippen molar-refractivity contribution >= 4 is 21.2 Å². The number of nitrogens with one attached hydrogen (secondary N) is 1. The van der Waals surface area contributed by atoms with Gasteiger partial charge in [-0.15, -0.1) is 11.3 Å². The molecule has 2 atom stereocenters. The minimum atomic E-state index is -2.75. The molecule has 0 aromatic carbocycles. The molecule has 1 aliphatic heterocycles. The average molecular weight is 260 g/mol. The Morgan fingerprint density at radius 2 is 2.50 bits per heavy atom. The average Bonchev–Trinajstić information content (AvgIpc) is 2.83. The van der Waals surface area contributed by atoms with Crippen molar-refractivity contribution in [2.24, 2.45) is 5.92 Å². The Kier molecular flexibility index (Phi) is 3.61. The molecule has 1 aromatic heterocycles. The molecule has 90 valence electrons. The Balaban J connectivity index is 1.80. The Morgan fingerprint density at radius 3 is 3.06 bits per heavy atom. The molecule has 0 radical (unpaired) electrons. The van der Waals surface area contributed by atoms with Crippen molar-refractivity contribution in [3.63, 3.8) is 0 Å². The molecular weight excluding hydrogens is 244 g/mol. The lowest BCUT2D eigenvalue weighted by Crippen LogP contribution is -2.26. The topological polar surface area (TPSA) is 59.1 Å². The first-order valence-corrected chi connectivity index (χ1v) is 8.10. The highest BCUT2D eigenvalue weighted by molar-refractivity contribution is 7.91. The zero-order valence-corrected chi connectivity index (χ0v) is 10.9. The first-order chi connectivity index (χ1) is 7.57. The fraction of sp³-hybridized carbons (Fsp3) is 0.700. The van der Waals surface area contributed by atoms with Crippen molar-refractivity contribution in [2.75, 3.05) is 18.1 Å². The maximum absolute atomic E-state index is 11.3. The van der Waals surface area contributed by atoms with Gasteiger partial charge in [-0.1, -0.05) is 0 Å². The maximum Gasteiger partial charge on any atom is 0.150 e. The number of aromatic nitrogens is 1. The van der Waals surface area contributed by atoms with Crippen LogP contribution in [-0.4, -0.2) is 31.5 Å². The van der Waals surface area contributed by atoms with Crippen LogP contribution in [-0.2, 0) is 9.84 Å². The number of hydrogen-bond donors (Lipinski definition) is 1. The van der Waals surface area contributed by atoms with Gasteiger partial charge in [0.15, 0.2) is 9.84 Å². The molecule has 0 saturated carbocycles. The van der Waals surface area contributed by atoms with Crippen molar-refractivity contribution in [1.29, 1.82) is 0 Å². The highest BCUT2D eigenvalue weighted by Crippen LogP contribution is 2.20. The highest BCUT2D eigenvalue weighted by Gasteiger charge is 2.27. The van der Waals surface area contributed by atoms with E-state index in [1.54, 1.807) is 17.5 Å². The second-order valence-electron chi connectivity index (χ2n) is 4.27. The third kappa shape index (κ3) is 3.02. The van der Waals surface area contributed by atoms with Gasteiger partial charge in [0.2, 0.25) is 0 Å². The lowest BCUT2D eigenvalue weighted by Gasteiger charge is -2.14. The number of sulfone groups is 1. The normalized spacial score (nSPS) is 25.7. The van der Waals surface area contributed by atoms with Crippen LogP contribution >= 0.6 is 11.3 Å². The molecule has 0 spiro atoms. The molecule has 1 N–H and O–H groups in total. The van der Waals surface area contributed by atoms with E-state index in [1.807, 2.05) is 5.38 Å². The zero-order chi connectivity index (χ0) is 11.6. The van der Waals surface area contributed by atoms with Gasteiger partial charge in [0.25, 0.3) is 0 Å². The number of rotatable bonds is 4. The molecule has 2 rings (SSSR count). The van der Waals surface area contributed by atoms with Crippen molar-refractivity contribution in [3.05, 3.63) is 16.6 Å². The predicted octanol–water partition coefficient (Wildman–Crippen LogP) is 1.23. The smallest absolute Gasteiger partial charge is 0.150 e. The van der Waals surface area contributed by atoms with Crippen molar-refractivity contribution in [2.45, 2.75) is 19.4 Å². The minimum absolute atomic E-state index is 0.211. The monoisotopic (exact) mass is 260 g/mol. The van der Waals surface area contributed by atoms with E-state index in [0.29, 0.717) is 11.5 Å². The summed E-state index contributed by atoms with van der Waals surface area (Å²) in [5.74, 6) is 0.961. The van der Waals surface area contributed by atoms with Gasteiger partial charge < -0.3 is 5.32 Å². The summed E-state index contributed by atoms with van der Waals surface area (Å²) >= 11 is 1.62. The van der Waals surface area contributed by atoms with Crippen molar-refractivity contribution in [3.8, 4) is 0 Å². The molecule has 1 aromatic rings. The fourth-order valence-corrected chi connectivity index (χ4v) is 4.44. The molecule has 16 heavy (non-hydrogen) atoms. The van der Waals surface area contributed by atoms with Gasteiger partial charge in [-0.3, -0.25) is 0 Å². The number of nitrogens with zero attached hydrogens (tertiary/aromatic N) is 1. The molecule has 0 bridgehead atoms. The quantitative estimate of drug-likeness (QED) is 0.884.